The Morgan fingerprint density at radius 2 is 1.41 bits per heavy atom. The first-order valence-corrected chi connectivity index (χ1v) is 13.5. The van der Waals surface area contributed by atoms with Crippen molar-refractivity contribution in [2.45, 2.75) is 40.0 Å². The second-order valence-electron chi connectivity index (χ2n) is 9.25. The van der Waals surface area contributed by atoms with Crippen molar-refractivity contribution in [3.05, 3.63) is 89.6 Å². The van der Waals surface area contributed by atoms with E-state index in [1.54, 1.807) is 56.3 Å². The minimum Gasteiger partial charge on any atom is -0.465 e. The van der Waals surface area contributed by atoms with Crippen LogP contribution in [0.4, 0.5) is 0 Å². The molecule has 41 heavy (non-hydrogen) atoms. The summed E-state index contributed by atoms with van der Waals surface area (Å²) in [6, 6.07) is 21.6. The van der Waals surface area contributed by atoms with E-state index in [-0.39, 0.29) is 30.2 Å². The molecule has 9 heteroatoms. The van der Waals surface area contributed by atoms with Gasteiger partial charge in [-0.05, 0) is 49.2 Å². The number of benzene rings is 3. The van der Waals surface area contributed by atoms with Crippen molar-refractivity contribution in [2.75, 3.05) is 13.2 Å². The predicted octanol–water partition coefficient (Wildman–Crippen LogP) is 5.22. The lowest BCUT2D eigenvalue weighted by Crippen LogP contribution is -2.37. The van der Waals surface area contributed by atoms with Gasteiger partial charge in [-0.25, -0.2) is 4.68 Å². The predicted molar refractivity (Wildman–Crippen MR) is 152 cm³/mol. The van der Waals surface area contributed by atoms with Crippen molar-refractivity contribution in [2.24, 2.45) is 5.92 Å². The molecule has 0 fully saturated rings. The van der Waals surface area contributed by atoms with Gasteiger partial charge >= 0.3 is 17.9 Å². The number of para-hydroxylation sites is 1. The number of Topliss-reactive ketones (excluding diaryl/α,β-unsaturated/α-hetero) is 1. The lowest BCUT2D eigenvalue weighted by molar-refractivity contribution is -0.162. The number of aromatic nitrogens is 2. The molecule has 0 N–H and O–H groups in total. The number of ether oxygens (including phenoxy) is 3. The first-order valence-electron chi connectivity index (χ1n) is 13.5. The topological polar surface area (TPSA) is 114 Å². The van der Waals surface area contributed by atoms with E-state index in [9.17, 15) is 19.2 Å². The second kappa shape index (κ2) is 13.0. The van der Waals surface area contributed by atoms with Crippen LogP contribution >= 0.6 is 0 Å². The van der Waals surface area contributed by atoms with E-state index in [0.29, 0.717) is 17.8 Å². The van der Waals surface area contributed by atoms with Gasteiger partial charge in [0.2, 0.25) is 5.88 Å². The maximum Gasteiger partial charge on any atom is 0.321 e. The van der Waals surface area contributed by atoms with E-state index >= 15 is 0 Å². The van der Waals surface area contributed by atoms with Crippen LogP contribution in [0.1, 0.15) is 55.2 Å². The molecule has 0 spiro atoms. The lowest BCUT2D eigenvalue weighted by Gasteiger charge is -2.24. The summed E-state index contributed by atoms with van der Waals surface area (Å²) in [7, 11) is 0. The van der Waals surface area contributed by atoms with Crippen molar-refractivity contribution in [1.29, 1.82) is 0 Å². The molecule has 0 aliphatic rings. The highest BCUT2D eigenvalue weighted by atomic mass is 16.6. The first kappa shape index (κ1) is 29.2. The SMILES string of the molecule is CCOC(=O)C(C(=O)OCC)[C@H](C(=O)c1ccc2ccccc2c1)c1c(CC)nn(-c2ccccc2)c1OC(C)=O. The summed E-state index contributed by atoms with van der Waals surface area (Å²) in [4.78, 5) is 53.7. The van der Waals surface area contributed by atoms with Crippen LogP contribution in [0.2, 0.25) is 0 Å². The smallest absolute Gasteiger partial charge is 0.321 e. The zero-order valence-corrected chi connectivity index (χ0v) is 23.5. The summed E-state index contributed by atoms with van der Waals surface area (Å²) in [6.07, 6.45) is 0.309. The van der Waals surface area contributed by atoms with Gasteiger partial charge in [0, 0.05) is 12.5 Å². The van der Waals surface area contributed by atoms with Gasteiger partial charge in [-0.1, -0.05) is 61.5 Å². The molecule has 0 saturated carbocycles. The van der Waals surface area contributed by atoms with Gasteiger partial charge in [0.15, 0.2) is 11.7 Å². The molecule has 0 aliphatic carbocycles. The Morgan fingerprint density at radius 3 is 2.00 bits per heavy atom. The van der Waals surface area contributed by atoms with Crippen LogP contribution in [0.25, 0.3) is 16.5 Å². The highest BCUT2D eigenvalue weighted by molar-refractivity contribution is 6.10. The van der Waals surface area contributed by atoms with E-state index in [2.05, 4.69) is 5.10 Å². The van der Waals surface area contributed by atoms with Crippen LogP contribution in [-0.4, -0.2) is 46.7 Å². The Morgan fingerprint density at radius 1 is 0.805 bits per heavy atom. The molecule has 9 nitrogen and oxygen atoms in total. The molecule has 212 valence electrons. The molecule has 3 aromatic carbocycles. The number of esters is 3. The van der Waals surface area contributed by atoms with E-state index < -0.39 is 35.5 Å². The number of fused-ring (bicyclic) bond motifs is 1. The number of hydrogen-bond acceptors (Lipinski definition) is 8. The van der Waals surface area contributed by atoms with Gasteiger partial charge in [-0.2, -0.15) is 5.10 Å². The summed E-state index contributed by atoms with van der Waals surface area (Å²) in [5.41, 5.74) is 1.35. The van der Waals surface area contributed by atoms with Gasteiger partial charge < -0.3 is 14.2 Å². The molecule has 4 rings (SSSR count). The second-order valence-corrected chi connectivity index (χ2v) is 9.25. The molecular formula is C32H32N2O7. The van der Waals surface area contributed by atoms with E-state index in [1.807, 2.05) is 37.3 Å². The van der Waals surface area contributed by atoms with Crippen LogP contribution in [0.5, 0.6) is 5.88 Å². The summed E-state index contributed by atoms with van der Waals surface area (Å²) in [6.45, 7) is 6.22. The molecular weight excluding hydrogens is 524 g/mol. The molecule has 1 atom stereocenters. The molecule has 1 aromatic heterocycles. The van der Waals surface area contributed by atoms with Gasteiger partial charge in [0.1, 0.15) is 0 Å². The maximum absolute atomic E-state index is 14.5. The third-order valence-electron chi connectivity index (χ3n) is 6.57. The molecule has 4 aromatic rings. The average Bonchev–Trinajstić information content (AvgIpc) is 3.32. The summed E-state index contributed by atoms with van der Waals surface area (Å²) in [5.74, 6) is -6.25. The monoisotopic (exact) mass is 556 g/mol. The van der Waals surface area contributed by atoms with E-state index in [1.165, 1.54) is 11.6 Å². The highest BCUT2D eigenvalue weighted by Gasteiger charge is 2.47. The Hall–Kier alpha value is -4.79. The standard InChI is InChI=1S/C32H32N2O7/c1-5-25-26(30(41-20(4)35)34(33-25)24-15-9-8-10-16-24)27(28(31(37)39-6-2)32(38)40-7-3)29(36)23-18-17-21-13-11-12-14-22(21)19-23/h8-19,27-28H,5-7H2,1-4H3/t27-/m1/s1. The minimum absolute atomic E-state index is 0.0215. The van der Waals surface area contributed by atoms with Crippen molar-refractivity contribution in [1.82, 2.24) is 9.78 Å². The van der Waals surface area contributed by atoms with Crippen LogP contribution in [0, 0.1) is 5.92 Å². The molecule has 1 heterocycles. The molecule has 0 aliphatic heterocycles. The molecule has 0 saturated heterocycles. The van der Waals surface area contributed by atoms with Gasteiger partial charge in [-0.15, -0.1) is 0 Å². The number of aryl methyl sites for hydroxylation is 1. The number of hydrogen-bond donors (Lipinski definition) is 0. The molecule has 0 unspecified atom stereocenters. The van der Waals surface area contributed by atoms with Crippen molar-refractivity contribution in [3.8, 4) is 11.6 Å². The number of nitrogens with zero attached hydrogens (tertiary/aromatic N) is 2. The number of ketones is 1. The minimum atomic E-state index is -1.68. The number of carbonyl (C=O) groups excluding carboxylic acids is 4. The first-order chi connectivity index (χ1) is 19.8. The third-order valence-corrected chi connectivity index (χ3v) is 6.57. The highest BCUT2D eigenvalue weighted by Crippen LogP contribution is 2.40. The third kappa shape index (κ3) is 6.19. The Labute approximate surface area is 238 Å². The van der Waals surface area contributed by atoms with Crippen molar-refractivity contribution >= 4 is 34.5 Å². The average molecular weight is 557 g/mol. The Kier molecular flexibility index (Phi) is 9.29. The molecule has 0 radical (unpaired) electrons. The van der Waals surface area contributed by atoms with E-state index in [0.717, 1.165) is 10.8 Å². The van der Waals surface area contributed by atoms with Crippen LogP contribution in [0.3, 0.4) is 0 Å². The Bertz CT molecular complexity index is 1560. The molecule has 0 bridgehead atoms. The van der Waals surface area contributed by atoms with Gasteiger partial charge in [-0.3, -0.25) is 19.2 Å². The zero-order chi connectivity index (χ0) is 29.5. The van der Waals surface area contributed by atoms with E-state index in [4.69, 9.17) is 14.2 Å². The largest absolute Gasteiger partial charge is 0.465 e. The van der Waals surface area contributed by atoms with Gasteiger partial charge in [0.25, 0.3) is 0 Å². The fraction of sp³-hybridized carbons (Fsp3) is 0.281. The Balaban J connectivity index is 2.03. The number of rotatable bonds is 11. The summed E-state index contributed by atoms with van der Waals surface area (Å²) < 4.78 is 17.7. The van der Waals surface area contributed by atoms with Gasteiger partial charge in [0.05, 0.1) is 36.1 Å². The fourth-order valence-corrected chi connectivity index (χ4v) is 4.81. The molecule has 0 amide bonds. The number of carbonyl (C=O) groups is 4. The summed E-state index contributed by atoms with van der Waals surface area (Å²) in [5, 5.41) is 6.39. The summed E-state index contributed by atoms with van der Waals surface area (Å²) >= 11 is 0. The normalized spacial score (nSPS) is 11.7. The van der Waals surface area contributed by atoms with Crippen molar-refractivity contribution < 1.29 is 33.4 Å². The van der Waals surface area contributed by atoms with Crippen LogP contribution in [0.15, 0.2) is 72.8 Å². The van der Waals surface area contributed by atoms with Crippen LogP contribution in [-0.2, 0) is 30.3 Å². The lowest BCUT2D eigenvalue weighted by atomic mass is 9.79. The maximum atomic E-state index is 14.5. The quantitative estimate of drug-likeness (QED) is 0.140. The van der Waals surface area contributed by atoms with Crippen molar-refractivity contribution in [3.63, 3.8) is 0 Å². The fourth-order valence-electron chi connectivity index (χ4n) is 4.81. The van der Waals surface area contributed by atoms with Crippen LogP contribution < -0.4 is 4.74 Å². The zero-order valence-electron chi connectivity index (χ0n) is 23.5.